The molecule has 5 atom stereocenters. The van der Waals surface area contributed by atoms with Crippen LogP contribution in [0.25, 0.3) is 0 Å². The molecule has 1 aliphatic heterocycles. The normalized spacial score (nSPS) is 32.5. The highest BCUT2D eigenvalue weighted by atomic mass is 32.1. The van der Waals surface area contributed by atoms with E-state index in [2.05, 4.69) is 37.4 Å². The maximum absolute atomic E-state index is 12.8. The average Bonchev–Trinajstić information content (AvgIpc) is 3.43. The Labute approximate surface area is 201 Å². The van der Waals surface area contributed by atoms with Crippen LogP contribution in [0.15, 0.2) is 29.6 Å². The molecular weight excluding hydrogens is 430 g/mol. The van der Waals surface area contributed by atoms with E-state index in [0.29, 0.717) is 29.7 Å². The molecule has 2 saturated carbocycles. The number of aryl methyl sites for hydroxylation is 1. The Morgan fingerprint density at radius 3 is 2.94 bits per heavy atom. The fourth-order valence-corrected chi connectivity index (χ4v) is 8.51. The zero-order valence-electron chi connectivity index (χ0n) is 19.8. The number of carbonyl (C=O) groups is 1. The Hall–Kier alpha value is -1.85. The summed E-state index contributed by atoms with van der Waals surface area (Å²) in [7, 11) is 0. The minimum absolute atomic E-state index is 0.221. The Balaban J connectivity index is 1.16. The third-order valence-corrected chi connectivity index (χ3v) is 10.3. The third-order valence-electron chi connectivity index (χ3n) is 9.25. The lowest BCUT2D eigenvalue weighted by atomic mass is 9.55. The standard InChI is InChI=1S/C28H35NO3S/c1-3-31-26-9-8-24-23-6-4-18-16-20(5-7-21(18)22(23)10-13-28(24,26)2)32-27(30)29-14-11-25-19(17-29)12-15-33-25/h5,7,12,15-16,22-24,26H,3-4,6,8-11,13-14,17H2,1-2H3. The second-order valence-corrected chi connectivity index (χ2v) is 11.8. The largest absolute Gasteiger partial charge is 0.415 e. The Morgan fingerprint density at radius 2 is 2.06 bits per heavy atom. The van der Waals surface area contributed by atoms with E-state index in [1.54, 1.807) is 11.3 Å². The SMILES string of the molecule is CCOC1CCC2C3CCc4cc(OC(=O)N5CCc6sccc6C5)ccc4C3CCC12C. The first-order valence-corrected chi connectivity index (χ1v) is 13.7. The number of ether oxygens (including phenoxy) is 2. The lowest BCUT2D eigenvalue weighted by Crippen LogP contribution is -2.44. The lowest BCUT2D eigenvalue weighted by molar-refractivity contribution is -0.0600. The minimum atomic E-state index is -0.221. The molecule has 3 aliphatic carbocycles. The molecule has 1 aromatic carbocycles. The highest BCUT2D eigenvalue weighted by Crippen LogP contribution is 2.61. The average molecular weight is 466 g/mol. The van der Waals surface area contributed by atoms with Gasteiger partial charge < -0.3 is 14.4 Å². The molecule has 2 aromatic rings. The summed E-state index contributed by atoms with van der Waals surface area (Å²) in [5.41, 5.74) is 4.51. The van der Waals surface area contributed by atoms with Gasteiger partial charge in [0, 0.05) is 18.0 Å². The molecule has 1 amide bonds. The summed E-state index contributed by atoms with van der Waals surface area (Å²) in [4.78, 5) is 16.1. The first-order chi connectivity index (χ1) is 16.1. The van der Waals surface area contributed by atoms with Gasteiger partial charge in [-0.2, -0.15) is 0 Å². The van der Waals surface area contributed by atoms with E-state index in [1.807, 2.05) is 11.0 Å². The van der Waals surface area contributed by atoms with Gasteiger partial charge >= 0.3 is 6.09 Å². The molecule has 2 fully saturated rings. The molecule has 4 aliphatic rings. The number of nitrogens with zero attached hydrogens (tertiary/aromatic N) is 1. The van der Waals surface area contributed by atoms with E-state index in [1.165, 1.54) is 53.7 Å². The first kappa shape index (κ1) is 21.7. The number of thiophene rings is 1. The minimum Gasteiger partial charge on any atom is -0.410 e. The van der Waals surface area contributed by atoms with E-state index in [9.17, 15) is 4.79 Å². The van der Waals surface area contributed by atoms with Gasteiger partial charge in [0.15, 0.2) is 0 Å². The van der Waals surface area contributed by atoms with Crippen LogP contribution in [0.5, 0.6) is 5.75 Å². The number of hydrogen-bond acceptors (Lipinski definition) is 4. The van der Waals surface area contributed by atoms with Crippen molar-refractivity contribution in [2.75, 3.05) is 13.2 Å². The molecule has 176 valence electrons. The molecule has 0 saturated heterocycles. The predicted molar refractivity (Wildman–Crippen MR) is 131 cm³/mol. The summed E-state index contributed by atoms with van der Waals surface area (Å²) in [6.07, 6.45) is 8.55. The van der Waals surface area contributed by atoms with E-state index < -0.39 is 0 Å². The summed E-state index contributed by atoms with van der Waals surface area (Å²) in [5, 5.41) is 2.12. The smallest absolute Gasteiger partial charge is 0.410 e. The maximum Gasteiger partial charge on any atom is 0.415 e. The second kappa shape index (κ2) is 8.42. The molecule has 4 nitrogen and oxygen atoms in total. The van der Waals surface area contributed by atoms with Gasteiger partial charge in [-0.3, -0.25) is 0 Å². The van der Waals surface area contributed by atoms with Gasteiger partial charge in [0.05, 0.1) is 12.6 Å². The quantitative estimate of drug-likeness (QED) is 0.515. The van der Waals surface area contributed by atoms with E-state index in [-0.39, 0.29) is 6.09 Å². The fourth-order valence-electron chi connectivity index (χ4n) is 7.62. The lowest BCUT2D eigenvalue weighted by Gasteiger charge is -2.50. The summed E-state index contributed by atoms with van der Waals surface area (Å²) in [5.74, 6) is 2.89. The molecule has 6 rings (SSSR count). The van der Waals surface area contributed by atoms with Gasteiger partial charge in [-0.05, 0) is 115 Å². The fraction of sp³-hybridized carbons (Fsp3) is 0.607. The Bertz CT molecular complexity index is 1050. The zero-order valence-corrected chi connectivity index (χ0v) is 20.7. The van der Waals surface area contributed by atoms with Crippen molar-refractivity contribution >= 4 is 17.4 Å². The van der Waals surface area contributed by atoms with Crippen LogP contribution in [0.3, 0.4) is 0 Å². The molecule has 0 bridgehead atoms. The van der Waals surface area contributed by atoms with E-state index >= 15 is 0 Å². The van der Waals surface area contributed by atoms with Crippen molar-refractivity contribution in [3.63, 3.8) is 0 Å². The third kappa shape index (κ3) is 3.63. The number of hydrogen-bond donors (Lipinski definition) is 0. The van der Waals surface area contributed by atoms with Gasteiger partial charge in [0.25, 0.3) is 0 Å². The van der Waals surface area contributed by atoms with Crippen molar-refractivity contribution in [3.8, 4) is 5.75 Å². The number of rotatable bonds is 3. The number of carbonyl (C=O) groups excluding carboxylic acids is 1. The van der Waals surface area contributed by atoms with E-state index in [0.717, 1.165) is 37.8 Å². The van der Waals surface area contributed by atoms with Crippen LogP contribution in [-0.4, -0.2) is 30.2 Å². The maximum atomic E-state index is 12.8. The second-order valence-electron chi connectivity index (χ2n) is 10.8. The van der Waals surface area contributed by atoms with Crippen LogP contribution in [0.1, 0.15) is 73.4 Å². The molecule has 33 heavy (non-hydrogen) atoms. The van der Waals surface area contributed by atoms with Crippen molar-refractivity contribution in [2.45, 2.75) is 77.4 Å². The highest BCUT2D eigenvalue weighted by molar-refractivity contribution is 7.10. The molecule has 0 N–H and O–H groups in total. The van der Waals surface area contributed by atoms with Crippen LogP contribution >= 0.6 is 11.3 Å². The van der Waals surface area contributed by atoms with Crippen LogP contribution < -0.4 is 4.74 Å². The molecule has 1 aromatic heterocycles. The number of benzene rings is 1. The number of fused-ring (bicyclic) bond motifs is 6. The molecule has 0 radical (unpaired) electrons. The molecular formula is C28H35NO3S. The van der Waals surface area contributed by atoms with Gasteiger partial charge in [-0.25, -0.2) is 4.79 Å². The van der Waals surface area contributed by atoms with Crippen molar-refractivity contribution < 1.29 is 14.3 Å². The Kier molecular flexibility index (Phi) is 5.53. The Morgan fingerprint density at radius 1 is 1.15 bits per heavy atom. The summed E-state index contributed by atoms with van der Waals surface area (Å²) < 4.78 is 12.0. The highest BCUT2D eigenvalue weighted by Gasteiger charge is 2.55. The topological polar surface area (TPSA) is 38.8 Å². The van der Waals surface area contributed by atoms with Crippen LogP contribution in [-0.2, 0) is 24.1 Å². The zero-order chi connectivity index (χ0) is 22.6. The van der Waals surface area contributed by atoms with Crippen LogP contribution in [0.2, 0.25) is 0 Å². The summed E-state index contributed by atoms with van der Waals surface area (Å²) in [6, 6.07) is 8.57. The van der Waals surface area contributed by atoms with Gasteiger partial charge in [0.1, 0.15) is 5.75 Å². The summed E-state index contributed by atoms with van der Waals surface area (Å²) >= 11 is 1.79. The number of amides is 1. The molecule has 0 spiro atoms. The molecule has 2 heterocycles. The van der Waals surface area contributed by atoms with Gasteiger partial charge in [-0.1, -0.05) is 13.0 Å². The van der Waals surface area contributed by atoms with Gasteiger partial charge in [0.2, 0.25) is 0 Å². The van der Waals surface area contributed by atoms with Crippen molar-refractivity contribution in [3.05, 3.63) is 51.2 Å². The van der Waals surface area contributed by atoms with Crippen molar-refractivity contribution in [1.29, 1.82) is 0 Å². The van der Waals surface area contributed by atoms with Crippen LogP contribution in [0, 0.1) is 17.3 Å². The van der Waals surface area contributed by atoms with Gasteiger partial charge in [-0.15, -0.1) is 11.3 Å². The van der Waals surface area contributed by atoms with Crippen LogP contribution in [0.4, 0.5) is 4.79 Å². The summed E-state index contributed by atoms with van der Waals surface area (Å²) in [6.45, 7) is 6.86. The predicted octanol–water partition coefficient (Wildman–Crippen LogP) is 6.57. The van der Waals surface area contributed by atoms with Crippen molar-refractivity contribution in [2.24, 2.45) is 17.3 Å². The van der Waals surface area contributed by atoms with E-state index in [4.69, 9.17) is 9.47 Å². The molecule has 5 unspecified atom stereocenters. The first-order valence-electron chi connectivity index (χ1n) is 12.8. The van der Waals surface area contributed by atoms with Crippen molar-refractivity contribution in [1.82, 2.24) is 4.90 Å². The monoisotopic (exact) mass is 465 g/mol. The molecule has 5 heteroatoms.